The Morgan fingerprint density at radius 3 is 2.55 bits per heavy atom. The molecule has 2 amide bonds. The van der Waals surface area contributed by atoms with Gasteiger partial charge in [-0.05, 0) is 62.6 Å². The summed E-state index contributed by atoms with van der Waals surface area (Å²) in [5.41, 5.74) is 1.37. The number of benzene rings is 2. The van der Waals surface area contributed by atoms with Crippen molar-refractivity contribution in [1.29, 1.82) is 5.41 Å². The first-order valence-electron chi connectivity index (χ1n) is 13.5. The van der Waals surface area contributed by atoms with Crippen molar-refractivity contribution < 1.29 is 37.4 Å². The van der Waals surface area contributed by atoms with Crippen molar-refractivity contribution in [3.05, 3.63) is 77.1 Å². The van der Waals surface area contributed by atoms with E-state index in [1.807, 2.05) is 32.0 Å². The van der Waals surface area contributed by atoms with Crippen molar-refractivity contribution in [3.63, 3.8) is 0 Å². The second-order valence-electron chi connectivity index (χ2n) is 10.5. The maximum absolute atomic E-state index is 13.3. The predicted octanol–water partition coefficient (Wildman–Crippen LogP) is 4.95. The normalized spacial score (nSPS) is 22.0. The average Bonchev–Trinajstić information content (AvgIpc) is 3.49. The molecule has 0 bridgehead atoms. The fourth-order valence-corrected chi connectivity index (χ4v) is 5.48. The minimum atomic E-state index is -5.08. The van der Waals surface area contributed by atoms with E-state index in [0.29, 0.717) is 41.3 Å². The molecule has 3 aromatic rings. The van der Waals surface area contributed by atoms with E-state index in [9.17, 15) is 22.8 Å². The number of carbonyl (C=O) groups excluding carboxylic acids is 2. The van der Waals surface area contributed by atoms with Crippen LogP contribution in [0.15, 0.2) is 60.9 Å². The highest BCUT2D eigenvalue weighted by atomic mass is 35.5. The molecule has 0 spiro atoms. The fraction of sp³-hybridized carbons (Fsp3) is 0.345. The quantitative estimate of drug-likeness (QED) is 0.310. The summed E-state index contributed by atoms with van der Waals surface area (Å²) >= 11 is 6.79. The van der Waals surface area contributed by atoms with Gasteiger partial charge in [-0.2, -0.15) is 18.3 Å². The number of halogens is 4. The Kier molecular flexibility index (Phi) is 9.64. The third kappa shape index (κ3) is 7.37. The molecule has 15 heteroatoms. The van der Waals surface area contributed by atoms with Crippen LogP contribution in [-0.4, -0.2) is 68.5 Å². The SMILES string of the molecule is C[C@@H]1C[C@H](N2C(=N)N[C@](C)(c3cccc(NC(=O)c4cccc(-n5cccn5)c4)c3Cl)CC2=O)CCO1.O=C(O)C(F)(F)F. The van der Waals surface area contributed by atoms with Crippen LogP contribution in [-0.2, 0) is 19.9 Å². The van der Waals surface area contributed by atoms with Gasteiger partial charge in [0.05, 0.1) is 34.5 Å². The van der Waals surface area contributed by atoms with Crippen molar-refractivity contribution in [2.24, 2.45) is 0 Å². The van der Waals surface area contributed by atoms with Crippen LogP contribution in [0.3, 0.4) is 0 Å². The van der Waals surface area contributed by atoms with E-state index in [1.165, 1.54) is 0 Å². The van der Waals surface area contributed by atoms with Crippen molar-refractivity contribution in [2.75, 3.05) is 11.9 Å². The van der Waals surface area contributed by atoms with Crippen molar-refractivity contribution in [3.8, 4) is 5.69 Å². The monoisotopic (exact) mass is 634 g/mol. The average molecular weight is 635 g/mol. The molecular formula is C29H30ClF3N6O5. The highest BCUT2D eigenvalue weighted by Gasteiger charge is 2.44. The van der Waals surface area contributed by atoms with Gasteiger partial charge in [0, 0.05) is 30.6 Å². The zero-order valence-electron chi connectivity index (χ0n) is 23.7. The van der Waals surface area contributed by atoms with Crippen LogP contribution in [0, 0.1) is 5.41 Å². The molecule has 1 aromatic heterocycles. The number of hydrogen-bond donors (Lipinski definition) is 4. The Labute approximate surface area is 255 Å². The predicted molar refractivity (Wildman–Crippen MR) is 155 cm³/mol. The van der Waals surface area contributed by atoms with Gasteiger partial charge < -0.3 is 20.5 Å². The van der Waals surface area contributed by atoms with E-state index >= 15 is 0 Å². The van der Waals surface area contributed by atoms with Gasteiger partial charge in [-0.3, -0.25) is 19.9 Å². The second-order valence-corrected chi connectivity index (χ2v) is 10.9. The number of aromatic nitrogens is 2. The molecule has 2 aromatic carbocycles. The number of carboxylic acids is 1. The van der Waals surface area contributed by atoms with E-state index in [2.05, 4.69) is 15.7 Å². The number of amides is 2. The van der Waals surface area contributed by atoms with Gasteiger partial charge in [0.25, 0.3) is 5.91 Å². The number of anilines is 1. The summed E-state index contributed by atoms with van der Waals surface area (Å²) in [5, 5.41) is 26.4. The second kappa shape index (κ2) is 13.1. The summed E-state index contributed by atoms with van der Waals surface area (Å²) in [6, 6.07) is 14.2. The molecule has 2 aliphatic heterocycles. The lowest BCUT2D eigenvalue weighted by Gasteiger charge is -2.45. The molecule has 0 radical (unpaired) electrons. The van der Waals surface area contributed by atoms with Gasteiger partial charge >= 0.3 is 12.1 Å². The summed E-state index contributed by atoms with van der Waals surface area (Å²) < 4.78 is 39.0. The Hall–Kier alpha value is -4.43. The molecule has 3 atom stereocenters. The molecular weight excluding hydrogens is 605 g/mol. The van der Waals surface area contributed by atoms with Gasteiger partial charge in [-0.25, -0.2) is 9.48 Å². The lowest BCUT2D eigenvalue weighted by Crippen LogP contribution is -2.63. The molecule has 4 N–H and O–H groups in total. The fourth-order valence-electron chi connectivity index (χ4n) is 5.10. The first kappa shape index (κ1) is 32.5. The van der Waals surface area contributed by atoms with Crippen molar-refractivity contribution in [1.82, 2.24) is 20.0 Å². The number of guanidine groups is 1. The molecule has 11 nitrogen and oxygen atoms in total. The zero-order valence-corrected chi connectivity index (χ0v) is 24.4. The molecule has 2 aliphatic rings. The number of ether oxygens (including phenoxy) is 1. The molecule has 0 aliphatic carbocycles. The molecule has 3 heterocycles. The largest absolute Gasteiger partial charge is 0.490 e. The summed E-state index contributed by atoms with van der Waals surface area (Å²) in [7, 11) is 0. The molecule has 0 unspecified atom stereocenters. The van der Waals surface area contributed by atoms with Crippen molar-refractivity contribution >= 4 is 41.0 Å². The number of hydrogen-bond acceptors (Lipinski definition) is 6. The minimum Gasteiger partial charge on any atom is -0.475 e. The molecule has 2 fully saturated rings. The Morgan fingerprint density at radius 2 is 1.93 bits per heavy atom. The van der Waals surface area contributed by atoms with E-state index in [0.717, 1.165) is 5.69 Å². The number of alkyl halides is 3. The van der Waals surface area contributed by atoms with Crippen LogP contribution in [0.25, 0.3) is 5.69 Å². The molecule has 5 rings (SSSR count). The maximum atomic E-state index is 13.3. The van der Waals surface area contributed by atoms with E-state index < -0.39 is 17.7 Å². The lowest BCUT2D eigenvalue weighted by molar-refractivity contribution is -0.192. The maximum Gasteiger partial charge on any atom is 0.490 e. The number of carbonyl (C=O) groups is 3. The van der Waals surface area contributed by atoms with E-state index in [-0.39, 0.29) is 36.3 Å². The number of nitrogens with one attached hydrogen (secondary N) is 3. The van der Waals surface area contributed by atoms with Gasteiger partial charge in [0.2, 0.25) is 5.91 Å². The third-order valence-corrected chi connectivity index (χ3v) is 7.60. The van der Waals surface area contributed by atoms with Gasteiger partial charge in [0.15, 0.2) is 5.96 Å². The van der Waals surface area contributed by atoms with Crippen LogP contribution < -0.4 is 10.6 Å². The van der Waals surface area contributed by atoms with Crippen LogP contribution in [0.4, 0.5) is 18.9 Å². The first-order valence-corrected chi connectivity index (χ1v) is 13.9. The third-order valence-electron chi connectivity index (χ3n) is 7.19. The standard InChI is InChI=1S/C27H29ClN6O3.C2HF3O2/c1-17-14-20(10-13-37-17)34-23(35)16-27(2,32-26(34)29)21-8-4-9-22(24(21)28)31-25(36)18-6-3-7-19(15-18)33-12-5-11-30-33;3-2(4,5)1(6)7/h3-9,11-12,15,17,20H,10,13-14,16H2,1-2H3,(H2,29,32)(H,31,36);(H,6,7)/t17-,20-,27+;/m1./s1. The lowest BCUT2D eigenvalue weighted by atomic mass is 9.85. The summed E-state index contributed by atoms with van der Waals surface area (Å²) in [4.78, 5) is 36.8. The van der Waals surface area contributed by atoms with Gasteiger partial charge in [0.1, 0.15) is 0 Å². The van der Waals surface area contributed by atoms with E-state index in [4.69, 9.17) is 31.6 Å². The number of aliphatic carboxylic acids is 1. The summed E-state index contributed by atoms with van der Waals surface area (Å²) in [6.45, 7) is 4.40. The highest BCUT2D eigenvalue weighted by molar-refractivity contribution is 6.35. The van der Waals surface area contributed by atoms with Gasteiger partial charge in [-0.15, -0.1) is 0 Å². The Balaban J connectivity index is 0.000000566. The molecule has 0 saturated carbocycles. The first-order chi connectivity index (χ1) is 20.7. The van der Waals surface area contributed by atoms with Crippen LogP contribution in [0.2, 0.25) is 5.02 Å². The Morgan fingerprint density at radius 1 is 1.23 bits per heavy atom. The van der Waals surface area contributed by atoms with Crippen molar-refractivity contribution in [2.45, 2.75) is 57.0 Å². The molecule has 2 saturated heterocycles. The van der Waals surface area contributed by atoms with Crippen LogP contribution in [0.1, 0.15) is 49.0 Å². The van der Waals surface area contributed by atoms with Gasteiger partial charge in [-0.1, -0.05) is 29.8 Å². The number of rotatable bonds is 5. The number of carboxylic acid groups (broad SMARTS) is 1. The topological polar surface area (TPSA) is 150 Å². The van der Waals surface area contributed by atoms with Crippen LogP contribution >= 0.6 is 11.6 Å². The Bertz CT molecular complexity index is 1530. The van der Waals surface area contributed by atoms with E-state index in [1.54, 1.807) is 52.3 Å². The number of nitrogens with zero attached hydrogens (tertiary/aromatic N) is 3. The summed E-state index contributed by atoms with van der Waals surface area (Å²) in [5.74, 6) is -3.16. The minimum absolute atomic E-state index is 0.0441. The summed E-state index contributed by atoms with van der Waals surface area (Å²) in [6.07, 6.45) is -0.0484. The van der Waals surface area contributed by atoms with Crippen LogP contribution in [0.5, 0.6) is 0 Å². The highest BCUT2D eigenvalue weighted by Crippen LogP contribution is 2.38. The zero-order chi connectivity index (χ0) is 32.2. The smallest absolute Gasteiger partial charge is 0.475 e. The molecule has 44 heavy (non-hydrogen) atoms. The molecule has 234 valence electrons.